The molecule has 1 aliphatic heterocycles. The average molecular weight is 492 g/mol. The van der Waals surface area contributed by atoms with Gasteiger partial charge in [0.2, 0.25) is 6.10 Å². The van der Waals surface area contributed by atoms with Crippen LogP contribution in [-0.2, 0) is 14.3 Å². The zero-order valence-corrected chi connectivity index (χ0v) is 18.4. The minimum atomic E-state index is -1.44. The Bertz CT molecular complexity index is 1380. The maximum absolute atomic E-state index is 12.0. The van der Waals surface area contributed by atoms with Crippen molar-refractivity contribution in [3.63, 3.8) is 0 Å². The first-order valence-corrected chi connectivity index (χ1v) is 10.5. The summed E-state index contributed by atoms with van der Waals surface area (Å²) in [6, 6.07) is 12.6. The molecular formula is C26H20O10. The lowest BCUT2D eigenvalue weighted by Gasteiger charge is -2.32. The van der Waals surface area contributed by atoms with Crippen molar-refractivity contribution in [2.24, 2.45) is 0 Å². The highest BCUT2D eigenvalue weighted by Crippen LogP contribution is 2.41. The van der Waals surface area contributed by atoms with E-state index in [1.165, 1.54) is 54.6 Å². The summed E-state index contributed by atoms with van der Waals surface area (Å²) in [6.07, 6.45) is 2.62. The van der Waals surface area contributed by atoms with Crippen LogP contribution in [0.4, 0.5) is 0 Å². The molecule has 5 N–H and O–H groups in total. The van der Waals surface area contributed by atoms with E-state index < -0.39 is 29.9 Å². The van der Waals surface area contributed by atoms with Crippen molar-refractivity contribution < 1.29 is 49.3 Å². The fourth-order valence-corrected chi connectivity index (χ4v) is 3.38. The molecule has 36 heavy (non-hydrogen) atoms. The molecule has 0 radical (unpaired) electrons. The first kappa shape index (κ1) is 24.0. The number of carboxylic acids is 1. The van der Waals surface area contributed by atoms with E-state index in [1.54, 1.807) is 12.1 Å². The van der Waals surface area contributed by atoms with Crippen LogP contribution in [0.1, 0.15) is 22.8 Å². The first-order valence-electron chi connectivity index (χ1n) is 10.5. The Morgan fingerprint density at radius 2 is 1.42 bits per heavy atom. The Balaban J connectivity index is 1.45. The highest BCUT2D eigenvalue weighted by atomic mass is 16.6. The van der Waals surface area contributed by atoms with E-state index >= 15 is 0 Å². The zero-order chi connectivity index (χ0) is 25.8. The second-order valence-electron chi connectivity index (χ2n) is 7.69. The van der Waals surface area contributed by atoms with E-state index in [0.717, 1.165) is 12.3 Å². The van der Waals surface area contributed by atoms with Crippen LogP contribution in [0.25, 0.3) is 12.2 Å². The monoisotopic (exact) mass is 492 g/mol. The van der Waals surface area contributed by atoms with E-state index in [2.05, 4.69) is 0 Å². The number of hydrogen-bond donors (Lipinski definition) is 5. The molecule has 0 aromatic heterocycles. The molecule has 0 amide bonds. The van der Waals surface area contributed by atoms with Crippen LogP contribution < -0.4 is 9.47 Å². The van der Waals surface area contributed by atoms with E-state index in [9.17, 15) is 35.1 Å². The number of esters is 1. The van der Waals surface area contributed by atoms with Gasteiger partial charge in [-0.15, -0.1) is 0 Å². The van der Waals surface area contributed by atoms with Gasteiger partial charge in [-0.25, -0.2) is 9.59 Å². The largest absolute Gasteiger partial charge is 0.504 e. The van der Waals surface area contributed by atoms with Crippen molar-refractivity contribution in [1.29, 1.82) is 0 Å². The lowest BCUT2D eigenvalue weighted by atomic mass is 10.0. The Morgan fingerprint density at radius 1 is 0.750 bits per heavy atom. The molecule has 0 fully saturated rings. The van der Waals surface area contributed by atoms with Crippen LogP contribution in [0.3, 0.4) is 0 Å². The topological polar surface area (TPSA) is 163 Å². The smallest absolute Gasteiger partial charge is 0.349 e. The molecule has 0 unspecified atom stereocenters. The van der Waals surface area contributed by atoms with Gasteiger partial charge in [0.15, 0.2) is 40.6 Å². The number of rotatable bonds is 6. The summed E-state index contributed by atoms with van der Waals surface area (Å²) >= 11 is 0. The van der Waals surface area contributed by atoms with Gasteiger partial charge in [0.25, 0.3) is 0 Å². The maximum Gasteiger partial charge on any atom is 0.349 e. The molecule has 3 aromatic carbocycles. The van der Waals surface area contributed by atoms with E-state index in [4.69, 9.17) is 14.2 Å². The molecule has 0 bridgehead atoms. The minimum Gasteiger partial charge on any atom is -0.504 e. The van der Waals surface area contributed by atoms with Crippen molar-refractivity contribution in [3.05, 3.63) is 83.6 Å². The second kappa shape index (κ2) is 10.0. The number of fused-ring (bicyclic) bond motifs is 1. The van der Waals surface area contributed by atoms with E-state index in [1.807, 2.05) is 0 Å². The fourth-order valence-electron chi connectivity index (χ4n) is 3.38. The van der Waals surface area contributed by atoms with Gasteiger partial charge in [-0.05, 0) is 59.7 Å². The Morgan fingerprint density at radius 3 is 2.11 bits per heavy atom. The number of ether oxygens (including phenoxy) is 3. The Kier molecular flexibility index (Phi) is 6.68. The normalized spacial score (nSPS) is 16.8. The predicted octanol–water partition coefficient (Wildman–Crippen LogP) is 3.70. The summed E-state index contributed by atoms with van der Waals surface area (Å²) in [5.41, 5.74) is 1.31. The van der Waals surface area contributed by atoms with Crippen LogP contribution in [0.15, 0.2) is 66.9 Å². The average Bonchev–Trinajstić information content (AvgIpc) is 2.85. The number of aromatic hydroxyl groups is 4. The third-order valence-electron chi connectivity index (χ3n) is 5.18. The molecular weight excluding hydrogens is 472 g/mol. The number of benzene rings is 3. The van der Waals surface area contributed by atoms with Crippen molar-refractivity contribution in [2.45, 2.75) is 12.2 Å². The number of carboxylic acid groups (broad SMARTS) is 1. The summed E-state index contributed by atoms with van der Waals surface area (Å²) in [4.78, 5) is 23.8. The van der Waals surface area contributed by atoms with Crippen molar-refractivity contribution in [3.8, 4) is 34.5 Å². The Hall–Kier alpha value is -5.12. The highest BCUT2D eigenvalue weighted by Gasteiger charge is 2.38. The van der Waals surface area contributed by atoms with Crippen LogP contribution in [0, 0.1) is 0 Å². The fraction of sp³-hybridized carbons (Fsp3) is 0.0769. The lowest BCUT2D eigenvalue weighted by Crippen LogP contribution is -2.39. The summed E-state index contributed by atoms with van der Waals surface area (Å²) < 4.78 is 16.4. The molecule has 10 heteroatoms. The van der Waals surface area contributed by atoms with Crippen molar-refractivity contribution in [1.82, 2.24) is 0 Å². The summed E-state index contributed by atoms with van der Waals surface area (Å²) in [7, 11) is 0. The highest BCUT2D eigenvalue weighted by molar-refractivity contribution is 5.88. The molecule has 184 valence electrons. The molecule has 1 aliphatic rings. The number of carbonyl (C=O) groups is 2. The van der Waals surface area contributed by atoms with Gasteiger partial charge in [0.1, 0.15) is 0 Å². The molecule has 0 aliphatic carbocycles. The van der Waals surface area contributed by atoms with Gasteiger partial charge in [-0.3, -0.25) is 0 Å². The summed E-state index contributed by atoms with van der Waals surface area (Å²) in [5.74, 6) is -2.94. The zero-order valence-electron chi connectivity index (χ0n) is 18.4. The Labute approximate surface area is 204 Å². The van der Waals surface area contributed by atoms with Gasteiger partial charge in [-0.1, -0.05) is 18.2 Å². The molecule has 0 saturated carbocycles. The van der Waals surface area contributed by atoms with Gasteiger partial charge in [0.05, 0.1) is 6.26 Å². The second-order valence-corrected chi connectivity index (χ2v) is 7.69. The molecule has 3 aromatic rings. The van der Waals surface area contributed by atoms with Gasteiger partial charge < -0.3 is 39.7 Å². The molecule has 10 nitrogen and oxygen atoms in total. The SMILES string of the molecule is O=C(/C=C/c1ccc2c(c1)O[C@H](C(=O)O)[C@H](c1ccc(O)c(O)c1)O2)O/C=C\c1ccc(O)c(O)c1. The molecule has 4 rings (SSSR count). The molecule has 1 heterocycles. The predicted molar refractivity (Wildman–Crippen MR) is 126 cm³/mol. The summed E-state index contributed by atoms with van der Waals surface area (Å²) in [6.45, 7) is 0. The number of carbonyl (C=O) groups excluding carboxylic acids is 1. The lowest BCUT2D eigenvalue weighted by molar-refractivity contribution is -0.151. The van der Waals surface area contributed by atoms with Crippen molar-refractivity contribution in [2.75, 3.05) is 0 Å². The third kappa shape index (κ3) is 5.33. The van der Waals surface area contributed by atoms with Crippen LogP contribution >= 0.6 is 0 Å². The standard InChI is InChI=1S/C26H20O10/c27-17-5-1-15(11-19(17)29)9-10-34-23(31)8-3-14-2-7-21-22(12-14)36-25(26(32)33)24(35-21)16-4-6-18(28)20(30)13-16/h1-13,24-25,27-30H,(H,32,33)/b8-3+,10-9-/t24-,25-/m0/s1. The number of phenols is 4. The molecule has 0 saturated heterocycles. The number of aliphatic carboxylic acids is 1. The van der Waals surface area contributed by atoms with Gasteiger partial charge in [-0.2, -0.15) is 0 Å². The third-order valence-corrected chi connectivity index (χ3v) is 5.18. The molecule has 0 spiro atoms. The number of hydrogen-bond acceptors (Lipinski definition) is 9. The molecule has 2 atom stereocenters. The number of phenolic OH excluding ortho intramolecular Hbond substituents is 4. The van der Waals surface area contributed by atoms with Crippen LogP contribution in [0.2, 0.25) is 0 Å². The van der Waals surface area contributed by atoms with Gasteiger partial charge >= 0.3 is 11.9 Å². The quantitative estimate of drug-likeness (QED) is 0.148. The summed E-state index contributed by atoms with van der Waals surface area (Å²) in [5, 5.41) is 47.7. The van der Waals surface area contributed by atoms with Crippen LogP contribution in [-0.4, -0.2) is 43.6 Å². The van der Waals surface area contributed by atoms with E-state index in [0.29, 0.717) is 16.7 Å². The van der Waals surface area contributed by atoms with Crippen molar-refractivity contribution >= 4 is 24.1 Å². The van der Waals surface area contributed by atoms with E-state index in [-0.39, 0.29) is 28.7 Å². The maximum atomic E-state index is 12.0. The van der Waals surface area contributed by atoms with Crippen LogP contribution in [0.5, 0.6) is 34.5 Å². The van der Waals surface area contributed by atoms with Gasteiger partial charge in [0, 0.05) is 11.6 Å². The first-order chi connectivity index (χ1) is 17.2. The minimum absolute atomic E-state index is 0.143.